The summed E-state index contributed by atoms with van der Waals surface area (Å²) in [5, 5.41) is 10.3. The van der Waals surface area contributed by atoms with Gasteiger partial charge in [0.05, 0.1) is 30.5 Å². The number of carbonyl (C=O) groups is 3. The largest absolute Gasteiger partial charge is 0.462 e. The first-order valence-corrected chi connectivity index (χ1v) is 10.9. The van der Waals surface area contributed by atoms with E-state index in [1.54, 1.807) is 68.4 Å². The van der Waals surface area contributed by atoms with Gasteiger partial charge in [0.2, 0.25) is 5.91 Å². The minimum atomic E-state index is -1.55. The fraction of sp³-hybridized carbons (Fsp3) is 0.200. The molecule has 0 saturated heterocycles. The molecule has 3 aromatic rings. The van der Waals surface area contributed by atoms with E-state index >= 15 is 0 Å². The van der Waals surface area contributed by atoms with Crippen LogP contribution < -0.4 is 5.73 Å². The van der Waals surface area contributed by atoms with Gasteiger partial charge in [0.1, 0.15) is 5.69 Å². The Morgan fingerprint density at radius 3 is 2.12 bits per heavy atom. The zero-order valence-electron chi connectivity index (χ0n) is 18.6. The number of nitrogens with zero attached hydrogens (tertiary/aromatic N) is 2. The number of benzene rings is 2. The lowest BCUT2D eigenvalue weighted by molar-refractivity contribution is -0.118. The van der Waals surface area contributed by atoms with Crippen molar-refractivity contribution in [3.05, 3.63) is 76.4 Å². The van der Waals surface area contributed by atoms with Gasteiger partial charge < -0.3 is 19.8 Å². The first-order chi connectivity index (χ1) is 16.3. The number of amides is 1. The summed E-state index contributed by atoms with van der Waals surface area (Å²) in [5.41, 5.74) is 6.35. The SMILES string of the molecule is CCOC(=O)c1c([C@H](C#N)C(N)=O)c(-c2ccccc2)n(-c2ccc(Cl)cc2)c1C(=O)OCC. The predicted molar refractivity (Wildman–Crippen MR) is 126 cm³/mol. The number of nitrogens with two attached hydrogens (primary N) is 1. The van der Waals surface area contributed by atoms with Gasteiger partial charge in [-0.25, -0.2) is 9.59 Å². The van der Waals surface area contributed by atoms with Gasteiger partial charge >= 0.3 is 11.9 Å². The molecule has 8 nitrogen and oxygen atoms in total. The van der Waals surface area contributed by atoms with Crippen LogP contribution in [0.4, 0.5) is 0 Å². The van der Waals surface area contributed by atoms with E-state index in [1.807, 2.05) is 6.07 Å². The van der Waals surface area contributed by atoms with Crippen LogP contribution in [-0.4, -0.2) is 35.6 Å². The van der Waals surface area contributed by atoms with Crippen molar-refractivity contribution in [3.63, 3.8) is 0 Å². The van der Waals surface area contributed by atoms with E-state index in [0.29, 0.717) is 16.3 Å². The second-order valence-electron chi connectivity index (χ2n) is 7.07. The molecule has 174 valence electrons. The molecule has 2 N–H and O–H groups in total. The molecule has 0 spiro atoms. The molecule has 0 radical (unpaired) electrons. The Balaban J connectivity index is 2.60. The lowest BCUT2D eigenvalue weighted by Crippen LogP contribution is -2.23. The Morgan fingerprint density at radius 2 is 1.59 bits per heavy atom. The van der Waals surface area contributed by atoms with Gasteiger partial charge in [-0.2, -0.15) is 5.26 Å². The Bertz CT molecular complexity index is 1260. The molecule has 3 rings (SSSR count). The second-order valence-corrected chi connectivity index (χ2v) is 7.51. The van der Waals surface area contributed by atoms with Crippen molar-refractivity contribution in [2.75, 3.05) is 13.2 Å². The minimum absolute atomic E-state index is 0.00112. The van der Waals surface area contributed by atoms with Crippen LogP contribution in [0.25, 0.3) is 16.9 Å². The smallest absolute Gasteiger partial charge is 0.356 e. The highest BCUT2D eigenvalue weighted by atomic mass is 35.5. The number of aromatic nitrogens is 1. The van der Waals surface area contributed by atoms with Crippen LogP contribution >= 0.6 is 11.6 Å². The van der Waals surface area contributed by atoms with Crippen molar-refractivity contribution in [1.82, 2.24) is 4.57 Å². The van der Waals surface area contributed by atoms with Gasteiger partial charge in [0.15, 0.2) is 5.92 Å². The zero-order chi connectivity index (χ0) is 24.8. The number of ether oxygens (including phenoxy) is 2. The fourth-order valence-corrected chi connectivity index (χ4v) is 3.80. The average molecular weight is 480 g/mol. The summed E-state index contributed by atoms with van der Waals surface area (Å²) in [7, 11) is 0. The van der Waals surface area contributed by atoms with Gasteiger partial charge in [-0.1, -0.05) is 41.9 Å². The summed E-state index contributed by atoms with van der Waals surface area (Å²) in [6.45, 7) is 3.26. The molecule has 0 bridgehead atoms. The lowest BCUT2D eigenvalue weighted by atomic mass is 9.92. The first-order valence-electron chi connectivity index (χ1n) is 10.5. The van der Waals surface area contributed by atoms with E-state index in [-0.39, 0.29) is 35.7 Å². The lowest BCUT2D eigenvalue weighted by Gasteiger charge is -2.15. The highest BCUT2D eigenvalue weighted by molar-refractivity contribution is 6.30. The summed E-state index contributed by atoms with van der Waals surface area (Å²) >= 11 is 6.07. The highest BCUT2D eigenvalue weighted by Crippen LogP contribution is 2.40. The Kier molecular flexibility index (Phi) is 7.71. The molecule has 1 heterocycles. The third kappa shape index (κ3) is 4.65. The van der Waals surface area contributed by atoms with Crippen LogP contribution in [0.1, 0.15) is 46.2 Å². The number of hydrogen-bond donors (Lipinski definition) is 1. The Hall–Kier alpha value is -4.09. The Morgan fingerprint density at radius 1 is 1.00 bits per heavy atom. The molecule has 0 unspecified atom stereocenters. The molecular formula is C25H22ClN3O5. The zero-order valence-corrected chi connectivity index (χ0v) is 19.3. The third-order valence-electron chi connectivity index (χ3n) is 4.99. The molecule has 1 amide bonds. The highest BCUT2D eigenvalue weighted by Gasteiger charge is 2.39. The topological polar surface area (TPSA) is 124 Å². The van der Waals surface area contributed by atoms with Crippen LogP contribution in [0.3, 0.4) is 0 Å². The van der Waals surface area contributed by atoms with E-state index in [9.17, 15) is 19.6 Å². The van der Waals surface area contributed by atoms with Crippen molar-refractivity contribution >= 4 is 29.4 Å². The van der Waals surface area contributed by atoms with Crippen LogP contribution in [0.2, 0.25) is 5.02 Å². The average Bonchev–Trinajstić information content (AvgIpc) is 3.16. The summed E-state index contributed by atoms with van der Waals surface area (Å²) in [6, 6.07) is 17.1. The minimum Gasteiger partial charge on any atom is -0.462 e. The van der Waals surface area contributed by atoms with Crippen molar-refractivity contribution < 1.29 is 23.9 Å². The van der Waals surface area contributed by atoms with E-state index in [1.165, 1.54) is 4.57 Å². The quantitative estimate of drug-likeness (QED) is 0.482. The van der Waals surface area contributed by atoms with Gasteiger partial charge in [-0.15, -0.1) is 0 Å². The summed E-state index contributed by atoms with van der Waals surface area (Å²) in [5.74, 6) is -4.23. The molecule has 1 atom stereocenters. The molecule has 0 aliphatic rings. The van der Waals surface area contributed by atoms with Crippen LogP contribution in [0.15, 0.2) is 54.6 Å². The predicted octanol–water partition coefficient (Wildman–Crippen LogP) is 4.24. The van der Waals surface area contributed by atoms with Crippen molar-refractivity contribution in [3.8, 4) is 23.0 Å². The van der Waals surface area contributed by atoms with Gasteiger partial charge in [0.25, 0.3) is 0 Å². The Labute approximate surface area is 201 Å². The number of rotatable bonds is 8. The van der Waals surface area contributed by atoms with E-state index < -0.39 is 23.8 Å². The van der Waals surface area contributed by atoms with E-state index in [4.69, 9.17) is 26.8 Å². The number of esters is 2. The first kappa shape index (κ1) is 24.6. The van der Waals surface area contributed by atoms with Gasteiger partial charge in [0, 0.05) is 16.3 Å². The maximum atomic E-state index is 13.2. The van der Waals surface area contributed by atoms with Crippen molar-refractivity contribution in [1.29, 1.82) is 5.26 Å². The molecule has 2 aromatic carbocycles. The van der Waals surface area contributed by atoms with Crippen LogP contribution in [0, 0.1) is 11.3 Å². The van der Waals surface area contributed by atoms with E-state index in [2.05, 4.69) is 0 Å². The summed E-state index contributed by atoms with van der Waals surface area (Å²) in [6.07, 6.45) is 0. The molecule has 0 fully saturated rings. The number of primary amides is 1. The van der Waals surface area contributed by atoms with E-state index in [0.717, 1.165) is 0 Å². The van der Waals surface area contributed by atoms with Crippen LogP contribution in [-0.2, 0) is 14.3 Å². The van der Waals surface area contributed by atoms with Crippen molar-refractivity contribution in [2.45, 2.75) is 19.8 Å². The molecule has 34 heavy (non-hydrogen) atoms. The molecular weight excluding hydrogens is 458 g/mol. The van der Waals surface area contributed by atoms with Crippen LogP contribution in [0.5, 0.6) is 0 Å². The summed E-state index contributed by atoms with van der Waals surface area (Å²) in [4.78, 5) is 38.8. The molecule has 0 saturated carbocycles. The number of halogens is 1. The summed E-state index contributed by atoms with van der Waals surface area (Å²) < 4.78 is 12.0. The van der Waals surface area contributed by atoms with Crippen molar-refractivity contribution in [2.24, 2.45) is 5.73 Å². The molecule has 0 aliphatic heterocycles. The number of hydrogen-bond acceptors (Lipinski definition) is 6. The third-order valence-corrected chi connectivity index (χ3v) is 5.24. The maximum Gasteiger partial charge on any atom is 0.356 e. The normalized spacial score (nSPS) is 11.4. The van der Waals surface area contributed by atoms with Gasteiger partial charge in [-0.3, -0.25) is 4.79 Å². The number of carbonyl (C=O) groups excluding carboxylic acids is 3. The maximum absolute atomic E-state index is 13.2. The molecule has 1 aromatic heterocycles. The van der Waals surface area contributed by atoms with Gasteiger partial charge in [-0.05, 0) is 43.7 Å². The standard InChI is InChI=1S/C25H22ClN3O5/c1-3-33-24(31)20-19(18(14-27)23(28)30)21(15-8-6-5-7-9-15)29(22(20)25(32)34-4-2)17-12-10-16(26)11-13-17/h5-13,18H,3-4H2,1-2H3,(H2,28,30)/t18-/m0/s1. The number of nitriles is 1. The molecule has 0 aliphatic carbocycles. The second kappa shape index (κ2) is 10.7. The monoisotopic (exact) mass is 479 g/mol. The fourth-order valence-electron chi connectivity index (χ4n) is 3.67. The molecule has 9 heteroatoms.